The van der Waals surface area contributed by atoms with Crippen LogP contribution in [0.3, 0.4) is 0 Å². The maximum absolute atomic E-state index is 13.4. The fourth-order valence-corrected chi connectivity index (χ4v) is 5.25. The molecule has 280 valence electrons. The molecule has 0 bridgehead atoms. The Morgan fingerprint density at radius 2 is 1.22 bits per heavy atom. The number of rotatable bonds is 14. The first kappa shape index (κ1) is 42.1. The zero-order chi connectivity index (χ0) is 37.3. The molecule has 0 aromatic rings. The van der Waals surface area contributed by atoms with Crippen LogP contribution in [0.5, 0.6) is 0 Å². The molecule has 17 nitrogen and oxygen atoms in total. The van der Waals surface area contributed by atoms with Crippen molar-refractivity contribution in [3.05, 3.63) is 22.6 Å². The summed E-state index contributed by atoms with van der Waals surface area (Å²) in [6.07, 6.45) is 3.77. The largest absolute Gasteiger partial charge is 0.459 e. The van der Waals surface area contributed by atoms with Gasteiger partial charge in [0.25, 0.3) is 11.8 Å². The Labute approximate surface area is 294 Å². The summed E-state index contributed by atoms with van der Waals surface area (Å²) in [4.78, 5) is 87.1. The minimum Gasteiger partial charge on any atom is -0.459 e. The average molecular weight is 706 g/mol. The predicted molar refractivity (Wildman–Crippen MR) is 184 cm³/mol. The Hall–Kier alpha value is -4.05. The second kappa shape index (κ2) is 20.6. The normalized spacial score (nSPS) is 17.5. The number of esters is 2. The molecule has 2 rings (SSSR count). The van der Waals surface area contributed by atoms with Gasteiger partial charge >= 0.3 is 11.9 Å². The fourth-order valence-electron chi connectivity index (χ4n) is 5.25. The Balaban J connectivity index is 2.21. The molecule has 4 amide bonds. The van der Waals surface area contributed by atoms with Crippen molar-refractivity contribution in [2.45, 2.75) is 72.0 Å². The quantitative estimate of drug-likeness (QED) is 0.0674. The number of unbranched alkanes of at least 4 members (excludes halogenated alkanes) is 1. The van der Waals surface area contributed by atoms with E-state index in [0.29, 0.717) is 71.7 Å². The van der Waals surface area contributed by atoms with Gasteiger partial charge in [0.05, 0.1) is 19.6 Å². The van der Waals surface area contributed by atoms with Crippen molar-refractivity contribution in [1.82, 2.24) is 29.8 Å². The van der Waals surface area contributed by atoms with Gasteiger partial charge in [-0.3, -0.25) is 48.4 Å². The van der Waals surface area contributed by atoms with E-state index in [-0.39, 0.29) is 51.0 Å². The summed E-state index contributed by atoms with van der Waals surface area (Å²) in [5, 5.41) is 6.30. The summed E-state index contributed by atoms with van der Waals surface area (Å²) < 4.78 is 11.1. The van der Waals surface area contributed by atoms with Crippen molar-refractivity contribution in [3.8, 4) is 0 Å². The van der Waals surface area contributed by atoms with Crippen LogP contribution in [0.2, 0.25) is 0 Å². The summed E-state index contributed by atoms with van der Waals surface area (Å²) in [6, 6.07) is 0. The van der Waals surface area contributed by atoms with Crippen LogP contribution in [0, 0.1) is 0 Å². The maximum atomic E-state index is 13.4. The molecule has 0 aromatic carbocycles. The first-order valence-electron chi connectivity index (χ1n) is 17.2. The minimum atomic E-state index is -0.677. The number of carbonyl (C=O) groups excluding carboxylic acids is 6. The lowest BCUT2D eigenvalue weighted by Gasteiger charge is -2.34. The number of nitrogens with zero attached hydrogens (tertiary/aromatic N) is 8. The zero-order valence-electron chi connectivity index (χ0n) is 30.5. The van der Waals surface area contributed by atoms with Crippen LogP contribution in [0.4, 0.5) is 0 Å². The second-order valence-electron chi connectivity index (χ2n) is 14.3. The number of hydrogen-bond acceptors (Lipinski definition) is 12. The van der Waals surface area contributed by atoms with E-state index in [4.69, 9.17) is 15.0 Å². The highest BCUT2D eigenvalue weighted by Gasteiger charge is 2.26. The van der Waals surface area contributed by atoms with Crippen LogP contribution in [-0.4, -0.2) is 163 Å². The Morgan fingerprint density at radius 3 is 1.68 bits per heavy atom. The summed E-state index contributed by atoms with van der Waals surface area (Å²) in [5.41, 5.74) is 7.18. The molecule has 1 fully saturated rings. The minimum absolute atomic E-state index is 0.00115. The van der Waals surface area contributed by atoms with Gasteiger partial charge < -0.3 is 19.7 Å². The van der Waals surface area contributed by atoms with Crippen molar-refractivity contribution in [2.24, 2.45) is 5.11 Å². The lowest BCUT2D eigenvalue weighted by molar-refractivity contribution is -0.157. The van der Waals surface area contributed by atoms with Crippen LogP contribution in [0.25, 0.3) is 10.4 Å². The second-order valence-corrected chi connectivity index (χ2v) is 14.3. The fraction of sp³-hybridized carbons (Fsp3) is 0.758. The van der Waals surface area contributed by atoms with Crippen LogP contribution in [0.1, 0.15) is 60.8 Å². The molecule has 2 aliphatic heterocycles. The third-order valence-corrected chi connectivity index (χ3v) is 7.62. The van der Waals surface area contributed by atoms with E-state index in [1.807, 2.05) is 14.7 Å². The summed E-state index contributed by atoms with van der Waals surface area (Å²) in [5.74, 6) is -2.05. The molecule has 0 aliphatic carbocycles. The van der Waals surface area contributed by atoms with Crippen molar-refractivity contribution in [2.75, 3.05) is 91.6 Å². The SMILES string of the molecule is CC(C)(C)OC(=O)CN1CCN(CC(=O)NCCN2C(=O)C=CC2=O)CCN(CC(=O)OC(C)(C)C)CCN(C(=O)CCCCN=[N+]=[N-])CC1. The van der Waals surface area contributed by atoms with Crippen molar-refractivity contribution < 1.29 is 38.2 Å². The highest BCUT2D eigenvalue weighted by Crippen LogP contribution is 2.11. The molecule has 1 N–H and O–H groups in total. The third-order valence-electron chi connectivity index (χ3n) is 7.62. The van der Waals surface area contributed by atoms with Crippen molar-refractivity contribution in [3.63, 3.8) is 0 Å². The lowest BCUT2D eigenvalue weighted by atomic mass is 10.2. The maximum Gasteiger partial charge on any atom is 0.320 e. The van der Waals surface area contributed by atoms with E-state index in [9.17, 15) is 28.8 Å². The molecule has 2 heterocycles. The van der Waals surface area contributed by atoms with Gasteiger partial charge in [-0.1, -0.05) is 5.11 Å². The van der Waals surface area contributed by atoms with Crippen molar-refractivity contribution in [1.29, 1.82) is 0 Å². The molecule has 1 saturated heterocycles. The van der Waals surface area contributed by atoms with Crippen LogP contribution in [0.15, 0.2) is 17.3 Å². The van der Waals surface area contributed by atoms with Crippen LogP contribution >= 0.6 is 0 Å². The molecule has 0 unspecified atom stereocenters. The molecule has 50 heavy (non-hydrogen) atoms. The standard InChI is InChI=1S/C33H55N9O8/c1-32(2,3)49-30(47)24-39-17-15-38(23-26(43)35-13-14-42-28(45)10-11-29(42)46)16-18-40(25-31(48)50-33(4,5)6)20-22-41(21-19-39)27(44)9-7-8-12-36-37-34/h10-11H,7-9,12-25H2,1-6H3,(H,35,43). The van der Waals surface area contributed by atoms with E-state index in [2.05, 4.69) is 15.3 Å². The van der Waals surface area contributed by atoms with E-state index >= 15 is 0 Å². The molecule has 0 spiro atoms. The molecule has 2 aliphatic rings. The monoisotopic (exact) mass is 705 g/mol. The number of hydrogen-bond donors (Lipinski definition) is 1. The van der Waals surface area contributed by atoms with Crippen LogP contribution in [-0.2, 0) is 38.2 Å². The highest BCUT2D eigenvalue weighted by molar-refractivity contribution is 6.12. The number of azide groups is 1. The average Bonchev–Trinajstić information content (AvgIpc) is 3.31. The van der Waals surface area contributed by atoms with Gasteiger partial charge in [-0.25, -0.2) is 0 Å². The summed E-state index contributed by atoms with van der Waals surface area (Å²) in [7, 11) is 0. The number of imide groups is 1. The Bertz CT molecular complexity index is 1210. The van der Waals surface area contributed by atoms with Gasteiger partial charge in [0.15, 0.2) is 0 Å². The zero-order valence-corrected chi connectivity index (χ0v) is 30.5. The first-order chi connectivity index (χ1) is 23.5. The Kier molecular flexibility index (Phi) is 17.3. The van der Waals surface area contributed by atoms with Gasteiger partial charge in [-0.2, -0.15) is 0 Å². The van der Waals surface area contributed by atoms with Crippen molar-refractivity contribution >= 4 is 35.6 Å². The van der Waals surface area contributed by atoms with E-state index in [0.717, 1.165) is 4.90 Å². The number of carbonyl (C=O) groups is 6. The molecule has 17 heteroatoms. The highest BCUT2D eigenvalue weighted by atomic mass is 16.6. The van der Waals surface area contributed by atoms with Gasteiger partial charge in [0.2, 0.25) is 11.8 Å². The third kappa shape index (κ3) is 17.6. The van der Waals surface area contributed by atoms with E-state index < -0.39 is 35.0 Å². The number of nitrogens with one attached hydrogen (secondary N) is 1. The molecular weight excluding hydrogens is 650 g/mol. The Morgan fingerprint density at radius 1 is 0.760 bits per heavy atom. The van der Waals surface area contributed by atoms with Crippen LogP contribution < -0.4 is 5.32 Å². The number of amides is 4. The summed E-state index contributed by atoms with van der Waals surface area (Å²) in [6.45, 7) is 14.1. The topological polar surface area (TPSA) is 198 Å². The van der Waals surface area contributed by atoms with E-state index in [1.54, 1.807) is 46.4 Å². The van der Waals surface area contributed by atoms with E-state index in [1.165, 1.54) is 12.2 Å². The van der Waals surface area contributed by atoms with Gasteiger partial charge in [-0.15, -0.1) is 0 Å². The summed E-state index contributed by atoms with van der Waals surface area (Å²) >= 11 is 0. The molecule has 0 aromatic heterocycles. The molecular formula is C33H55N9O8. The predicted octanol–water partition coefficient (Wildman–Crippen LogP) is 0.940. The van der Waals surface area contributed by atoms with Gasteiger partial charge in [0.1, 0.15) is 11.2 Å². The van der Waals surface area contributed by atoms with Gasteiger partial charge in [-0.05, 0) is 59.9 Å². The van der Waals surface area contributed by atoms with Gasteiger partial charge in [0, 0.05) is 95.5 Å². The molecule has 0 atom stereocenters. The number of ether oxygens (including phenoxy) is 2. The molecule has 0 radical (unpaired) electrons. The molecule has 0 saturated carbocycles. The smallest absolute Gasteiger partial charge is 0.320 e. The lowest BCUT2D eigenvalue weighted by Crippen LogP contribution is -2.51. The first-order valence-corrected chi connectivity index (χ1v) is 17.2.